The summed E-state index contributed by atoms with van der Waals surface area (Å²) < 4.78 is 41.9. The molecule has 2 saturated carbocycles. The van der Waals surface area contributed by atoms with Crippen LogP contribution in [0.4, 0.5) is 14.0 Å². The van der Waals surface area contributed by atoms with Gasteiger partial charge in [-0.1, -0.05) is 19.9 Å². The predicted molar refractivity (Wildman–Crippen MR) is 274 cm³/mol. The molecule has 388 valence electrons. The lowest BCUT2D eigenvalue weighted by Gasteiger charge is -2.38. The zero-order chi connectivity index (χ0) is 51.3. The Hall–Kier alpha value is -6.73. The molecule has 0 bridgehead atoms. The van der Waals surface area contributed by atoms with Crippen molar-refractivity contribution in [2.24, 2.45) is 17.8 Å². The molecule has 6 aliphatic rings. The number of imidazole rings is 2. The Balaban J connectivity index is 0.846. The number of halogens is 1. The molecule has 74 heavy (non-hydrogen) atoms. The van der Waals surface area contributed by atoms with E-state index >= 15 is 4.39 Å². The molecule has 4 aliphatic heterocycles. The average Bonchev–Trinajstić information content (AvgIpc) is 3.85. The van der Waals surface area contributed by atoms with E-state index in [1.165, 1.54) is 38.0 Å². The number of alkyl carbamates (subject to hydrolysis) is 2. The fourth-order valence-electron chi connectivity index (χ4n) is 12.3. The summed E-state index contributed by atoms with van der Waals surface area (Å²) in [5.41, 5.74) is 4.72. The van der Waals surface area contributed by atoms with Crippen molar-refractivity contribution in [3.05, 3.63) is 88.1 Å². The molecule has 8 heterocycles. The van der Waals surface area contributed by atoms with Crippen molar-refractivity contribution in [3.8, 4) is 39.5 Å². The summed E-state index contributed by atoms with van der Waals surface area (Å²) in [7, 11) is 2.59. The lowest BCUT2D eigenvalue weighted by atomic mass is 9.85. The van der Waals surface area contributed by atoms with E-state index in [0.29, 0.717) is 77.6 Å². The van der Waals surface area contributed by atoms with Gasteiger partial charge in [-0.25, -0.2) is 23.9 Å². The van der Waals surface area contributed by atoms with E-state index in [-0.39, 0.29) is 54.0 Å². The van der Waals surface area contributed by atoms with Crippen LogP contribution in [0.1, 0.15) is 125 Å². The Morgan fingerprint density at radius 1 is 0.811 bits per heavy atom. The second kappa shape index (κ2) is 18.9. The smallest absolute Gasteiger partial charge is 0.407 e. The highest BCUT2D eigenvalue weighted by atomic mass is 32.1. The third-order valence-corrected chi connectivity index (χ3v) is 17.4. The number of benzene rings is 2. The normalized spacial score (nSPS) is 25.7. The van der Waals surface area contributed by atoms with Gasteiger partial charge in [0.05, 0.1) is 83.9 Å². The number of H-pyrrole nitrogens is 2. The monoisotopic (exact) mass is 1030 g/mol. The highest BCUT2D eigenvalue weighted by Crippen LogP contribution is 2.54. The third-order valence-electron chi connectivity index (χ3n) is 16.2. The molecule has 4 amide bonds. The number of piperidine rings is 1. The van der Waals surface area contributed by atoms with Crippen molar-refractivity contribution in [1.29, 1.82) is 0 Å². The van der Waals surface area contributed by atoms with E-state index in [9.17, 15) is 19.2 Å². The number of carbonyl (C=O) groups is 4. The van der Waals surface area contributed by atoms with Crippen LogP contribution in [0.25, 0.3) is 44.7 Å². The first-order valence-electron chi connectivity index (χ1n) is 26.1. The van der Waals surface area contributed by atoms with Gasteiger partial charge in [-0.05, 0) is 131 Å². The molecule has 4 aromatic heterocycles. The van der Waals surface area contributed by atoms with Crippen LogP contribution in [0.2, 0.25) is 0 Å². The molecule has 6 aromatic rings. The molecule has 17 nitrogen and oxygen atoms in total. The SMILES string of the molecule is COC(=O)N[C@H](C(=O)N1C2CC2C[C@H]1c1ncc(-c2cc(F)c3c(c2)OC(c2ccc(C4CC4)s2)n2c-3cc3cc(-c4cnc([C@@H]5CCCN5C(=O)[C@@H](NC(=O)OC)C5C[C@@H](C)O[C@@H](C)C5)[nH]4)ccc32)[nH]1)C(C)C. The number of amides is 4. The third kappa shape index (κ3) is 8.68. The summed E-state index contributed by atoms with van der Waals surface area (Å²) >= 11 is 1.74. The quantitative estimate of drug-likeness (QED) is 0.0916. The summed E-state index contributed by atoms with van der Waals surface area (Å²) in [6, 6.07) is 13.8. The zero-order valence-electron chi connectivity index (χ0n) is 42.4. The maximum Gasteiger partial charge on any atom is 0.407 e. The van der Waals surface area contributed by atoms with Crippen LogP contribution in [-0.2, 0) is 23.8 Å². The number of hydrogen-bond donors (Lipinski definition) is 4. The molecule has 2 aromatic carbocycles. The van der Waals surface area contributed by atoms with Crippen LogP contribution < -0.4 is 15.4 Å². The van der Waals surface area contributed by atoms with Crippen molar-refractivity contribution in [2.45, 2.75) is 134 Å². The molecule has 10 atom stereocenters. The van der Waals surface area contributed by atoms with Crippen molar-refractivity contribution >= 4 is 46.2 Å². The van der Waals surface area contributed by atoms with Crippen LogP contribution in [-0.4, -0.2) is 109 Å². The molecular weight excluding hydrogens is 966 g/mol. The van der Waals surface area contributed by atoms with Crippen LogP contribution in [0.3, 0.4) is 0 Å². The number of methoxy groups -OCH3 is 2. The number of likely N-dealkylation sites (tertiary alicyclic amines) is 2. The molecule has 5 fully saturated rings. The molecule has 19 heteroatoms. The van der Waals surface area contributed by atoms with Crippen molar-refractivity contribution in [3.63, 3.8) is 0 Å². The van der Waals surface area contributed by atoms with Crippen LogP contribution >= 0.6 is 11.3 Å². The summed E-state index contributed by atoms with van der Waals surface area (Å²) in [6.45, 7) is 8.31. The second-order valence-corrected chi connectivity index (χ2v) is 22.7. The first-order valence-corrected chi connectivity index (χ1v) is 26.9. The second-order valence-electron chi connectivity index (χ2n) is 21.6. The minimum absolute atomic E-state index is 0.0490. The van der Waals surface area contributed by atoms with Gasteiger partial charge < -0.3 is 49.3 Å². The van der Waals surface area contributed by atoms with Crippen molar-refractivity contribution in [2.75, 3.05) is 20.8 Å². The van der Waals surface area contributed by atoms with E-state index in [2.05, 4.69) is 43.4 Å². The average molecular weight is 1030 g/mol. The Kier molecular flexibility index (Phi) is 12.3. The van der Waals surface area contributed by atoms with Gasteiger partial charge in [-0.3, -0.25) is 14.2 Å². The molecule has 12 rings (SSSR count). The summed E-state index contributed by atoms with van der Waals surface area (Å²) in [5.74, 6) is 1.51. The van der Waals surface area contributed by atoms with Crippen LogP contribution in [0, 0.1) is 23.6 Å². The van der Waals surface area contributed by atoms with Gasteiger partial charge in [0.25, 0.3) is 0 Å². The summed E-state index contributed by atoms with van der Waals surface area (Å²) in [5, 5.41) is 6.49. The van der Waals surface area contributed by atoms with Crippen LogP contribution in [0.5, 0.6) is 5.75 Å². The first kappa shape index (κ1) is 48.2. The van der Waals surface area contributed by atoms with Gasteiger partial charge >= 0.3 is 12.2 Å². The largest absolute Gasteiger partial charge is 0.464 e. The van der Waals surface area contributed by atoms with E-state index in [1.807, 2.05) is 61.8 Å². The topological polar surface area (TPSA) is 198 Å². The zero-order valence-corrected chi connectivity index (χ0v) is 43.2. The van der Waals surface area contributed by atoms with Gasteiger partial charge in [0.1, 0.15) is 35.3 Å². The van der Waals surface area contributed by atoms with E-state index < -0.39 is 36.3 Å². The number of carbonyl (C=O) groups excluding carboxylic acids is 4. The van der Waals surface area contributed by atoms with E-state index in [4.69, 9.17) is 28.9 Å². The number of ether oxygens (including phenoxy) is 4. The van der Waals surface area contributed by atoms with Crippen molar-refractivity contribution in [1.82, 2.24) is 44.9 Å². The maximum absolute atomic E-state index is 17.1. The lowest BCUT2D eigenvalue weighted by molar-refractivity contribution is -0.138. The predicted octanol–water partition coefficient (Wildman–Crippen LogP) is 9.74. The minimum atomic E-state index is -0.767. The molecule has 3 saturated heterocycles. The number of hydrogen-bond acceptors (Lipinski definition) is 11. The minimum Gasteiger partial charge on any atom is -0.464 e. The Morgan fingerprint density at radius 3 is 2.23 bits per heavy atom. The standard InChI is InChI=1S/C55H62FN9O8S/c1-26(2)47(61-54(68)70-5)52(67)64-40-20-33(40)22-42(64)50-58-25-37(60-50)31-19-35(56)46-41-21-32-18-30(11-12-38(32)65(41)53(73-43(46)23-31)45-14-13-44(74-45)29-9-10-29)36-24-57-49(59-36)39-8-7-15-63(39)51(66)48(62-55(69)71-6)34-16-27(3)72-28(4)17-34/h11-14,18-19,21,23-29,33-34,39-40,42,47-48,53H,7-10,15-17,20,22H2,1-6H3,(H,57,59)(H,58,60)(H,61,68)(H,62,69)/t27-,28+,33?,34?,39-,40?,42-,47-,48-,53?/m0/s1. The number of aromatic amines is 2. The molecular formula is C55H62FN9O8S. The number of fused-ring (bicyclic) bond motifs is 6. The molecule has 4 unspecified atom stereocenters. The fraction of sp³-hybridized carbons (Fsp3) is 0.491. The lowest BCUT2D eigenvalue weighted by Crippen LogP contribution is -2.54. The Bertz CT molecular complexity index is 3170. The number of thiophene rings is 1. The Morgan fingerprint density at radius 2 is 1.51 bits per heavy atom. The summed E-state index contributed by atoms with van der Waals surface area (Å²) in [6.07, 6.45) is 8.27. The number of nitrogens with zero attached hydrogens (tertiary/aromatic N) is 5. The van der Waals surface area contributed by atoms with Crippen LogP contribution in [0.15, 0.2) is 60.9 Å². The van der Waals surface area contributed by atoms with Crippen molar-refractivity contribution < 1.29 is 42.5 Å². The van der Waals surface area contributed by atoms with Gasteiger partial charge in [0.15, 0.2) is 0 Å². The Labute approximate surface area is 431 Å². The van der Waals surface area contributed by atoms with Gasteiger partial charge in [0, 0.05) is 34.0 Å². The highest BCUT2D eigenvalue weighted by Gasteiger charge is 2.56. The molecule has 0 radical (unpaired) electrons. The van der Waals surface area contributed by atoms with Gasteiger partial charge in [-0.2, -0.15) is 0 Å². The van der Waals surface area contributed by atoms with Gasteiger partial charge in [-0.15, -0.1) is 11.3 Å². The first-order chi connectivity index (χ1) is 35.7. The number of aromatic nitrogens is 5. The molecule has 2 aliphatic carbocycles. The van der Waals surface area contributed by atoms with Gasteiger partial charge in [0.2, 0.25) is 18.0 Å². The fourth-order valence-corrected chi connectivity index (χ4v) is 13.5. The summed E-state index contributed by atoms with van der Waals surface area (Å²) in [4.78, 5) is 76.0. The maximum atomic E-state index is 17.1. The molecule has 4 N–H and O–H groups in total. The number of rotatable bonds is 12. The molecule has 0 spiro atoms. The van der Waals surface area contributed by atoms with E-state index in [0.717, 1.165) is 46.3 Å². The van der Waals surface area contributed by atoms with E-state index in [1.54, 1.807) is 23.7 Å². The number of nitrogens with one attached hydrogen (secondary N) is 4. The highest BCUT2D eigenvalue weighted by molar-refractivity contribution is 7.12.